The van der Waals surface area contributed by atoms with Gasteiger partial charge in [-0.25, -0.2) is 0 Å². The fourth-order valence-corrected chi connectivity index (χ4v) is 4.13. The van der Waals surface area contributed by atoms with Gasteiger partial charge in [-0.3, -0.25) is 9.69 Å². The van der Waals surface area contributed by atoms with Gasteiger partial charge in [0.2, 0.25) is 5.91 Å². The topological polar surface area (TPSA) is 41.6 Å². The zero-order valence-corrected chi connectivity index (χ0v) is 15.2. The molecule has 0 aliphatic carbocycles. The van der Waals surface area contributed by atoms with Crippen LogP contribution >= 0.6 is 0 Å². The van der Waals surface area contributed by atoms with Crippen LogP contribution in [0, 0.1) is 5.92 Å². The number of likely N-dealkylation sites (tertiary alicyclic amines) is 1. The summed E-state index contributed by atoms with van der Waals surface area (Å²) in [6.45, 7) is 14.8. The number of hydrogen-bond donors (Lipinski definition) is 1. The summed E-state index contributed by atoms with van der Waals surface area (Å²) in [5.74, 6) is 0.507. The van der Waals surface area contributed by atoms with Gasteiger partial charge in [0, 0.05) is 0 Å². The number of amides is 1. The molecule has 4 nitrogen and oxygen atoms in total. The Morgan fingerprint density at radius 2 is 1.73 bits per heavy atom. The van der Waals surface area contributed by atoms with Gasteiger partial charge in [-0.2, -0.15) is 0 Å². The van der Waals surface area contributed by atoms with Crippen LogP contribution in [0.4, 0.5) is 0 Å². The molecule has 0 aromatic rings. The van der Waals surface area contributed by atoms with Crippen LogP contribution in [0.1, 0.15) is 67.2 Å². The van der Waals surface area contributed by atoms with Gasteiger partial charge in [0.05, 0.1) is 23.3 Å². The Bertz CT molecular complexity index is 398. The molecule has 2 heterocycles. The molecule has 0 bridgehead atoms. The van der Waals surface area contributed by atoms with Gasteiger partial charge in [-0.1, -0.05) is 20.3 Å². The minimum Gasteiger partial charge on any atom is -0.367 e. The molecule has 0 unspecified atom stereocenters. The van der Waals surface area contributed by atoms with E-state index in [9.17, 15) is 4.79 Å². The van der Waals surface area contributed by atoms with Crippen LogP contribution in [-0.4, -0.2) is 47.2 Å². The van der Waals surface area contributed by atoms with Gasteiger partial charge in [0.1, 0.15) is 0 Å². The van der Waals surface area contributed by atoms with Crippen molar-refractivity contribution >= 4 is 5.91 Å². The van der Waals surface area contributed by atoms with Gasteiger partial charge >= 0.3 is 0 Å². The minimum absolute atomic E-state index is 0.0141. The number of carbonyl (C=O) groups excluding carboxylic acids is 1. The van der Waals surface area contributed by atoms with Crippen molar-refractivity contribution in [3.8, 4) is 0 Å². The molecule has 2 aliphatic heterocycles. The first kappa shape index (κ1) is 17.7. The highest BCUT2D eigenvalue weighted by atomic mass is 16.5. The number of carbonyl (C=O) groups is 1. The summed E-state index contributed by atoms with van der Waals surface area (Å²) in [7, 11) is 0. The first-order valence-corrected chi connectivity index (χ1v) is 8.87. The molecule has 2 rings (SSSR count). The maximum absolute atomic E-state index is 12.9. The molecule has 0 aromatic carbocycles. The highest BCUT2D eigenvalue weighted by Crippen LogP contribution is 2.37. The van der Waals surface area contributed by atoms with E-state index in [-0.39, 0.29) is 29.2 Å². The van der Waals surface area contributed by atoms with Crippen LogP contribution < -0.4 is 5.32 Å². The van der Waals surface area contributed by atoms with Gasteiger partial charge in [0.15, 0.2) is 0 Å². The van der Waals surface area contributed by atoms with E-state index in [1.807, 2.05) is 0 Å². The molecular weight excluding hydrogens is 276 g/mol. The minimum atomic E-state index is -0.303. The van der Waals surface area contributed by atoms with Gasteiger partial charge in [-0.05, 0) is 66.0 Å². The first-order valence-electron chi connectivity index (χ1n) is 8.87. The highest BCUT2D eigenvalue weighted by molar-refractivity contribution is 5.82. The quantitative estimate of drug-likeness (QED) is 0.868. The van der Waals surface area contributed by atoms with Crippen molar-refractivity contribution in [1.82, 2.24) is 10.2 Å². The lowest BCUT2D eigenvalue weighted by Gasteiger charge is -2.37. The number of nitrogens with one attached hydrogen (secondary N) is 1. The molecule has 0 aromatic heterocycles. The predicted molar refractivity (Wildman–Crippen MR) is 89.8 cm³/mol. The second-order valence-electron chi connectivity index (χ2n) is 8.52. The lowest BCUT2D eigenvalue weighted by atomic mass is 9.92. The molecular formula is C18H34N2O2. The van der Waals surface area contributed by atoms with E-state index < -0.39 is 0 Å². The zero-order valence-electron chi connectivity index (χ0n) is 15.2. The summed E-state index contributed by atoms with van der Waals surface area (Å²) >= 11 is 0. The summed E-state index contributed by atoms with van der Waals surface area (Å²) in [4.78, 5) is 15.3. The van der Waals surface area contributed by atoms with E-state index in [0.717, 1.165) is 19.5 Å². The standard InChI is InChI=1S/C18H34N2O2/c1-13(2)15(20-10-8-7-9-11-20)16(21)19-14-12-17(3,4)22-18(14,5)6/h13-15H,7-12H2,1-6H3,(H,19,21)/t14-,15+/m0/s1. The number of rotatable bonds is 4. The number of hydrogen-bond acceptors (Lipinski definition) is 3. The van der Waals surface area contributed by atoms with E-state index in [1.165, 1.54) is 19.3 Å². The van der Waals surface area contributed by atoms with Crippen molar-refractivity contribution in [1.29, 1.82) is 0 Å². The van der Waals surface area contributed by atoms with E-state index in [0.29, 0.717) is 5.92 Å². The molecule has 0 radical (unpaired) electrons. The normalized spacial score (nSPS) is 29.5. The van der Waals surface area contributed by atoms with Crippen molar-refractivity contribution in [2.75, 3.05) is 13.1 Å². The Morgan fingerprint density at radius 1 is 1.14 bits per heavy atom. The monoisotopic (exact) mass is 310 g/mol. The van der Waals surface area contributed by atoms with E-state index in [1.54, 1.807) is 0 Å². The predicted octanol–water partition coefficient (Wildman–Crippen LogP) is 2.96. The Morgan fingerprint density at radius 3 is 2.18 bits per heavy atom. The summed E-state index contributed by atoms with van der Waals surface area (Å²) in [5.41, 5.74) is -0.470. The average molecular weight is 310 g/mol. The van der Waals surface area contributed by atoms with Crippen molar-refractivity contribution in [3.63, 3.8) is 0 Å². The summed E-state index contributed by atoms with van der Waals surface area (Å²) in [5, 5.41) is 3.30. The molecule has 0 saturated carbocycles. The Kier molecular flexibility index (Phi) is 5.23. The average Bonchev–Trinajstić information content (AvgIpc) is 2.57. The smallest absolute Gasteiger partial charge is 0.237 e. The Labute approximate surface area is 136 Å². The Balaban J connectivity index is 2.05. The third-order valence-electron chi connectivity index (χ3n) is 5.07. The summed E-state index contributed by atoms with van der Waals surface area (Å²) < 4.78 is 6.11. The number of ether oxygens (including phenoxy) is 1. The molecule has 2 saturated heterocycles. The van der Waals surface area contributed by atoms with Crippen LogP contribution in [0.2, 0.25) is 0 Å². The molecule has 2 atom stereocenters. The van der Waals surface area contributed by atoms with Gasteiger partial charge in [-0.15, -0.1) is 0 Å². The third-order valence-corrected chi connectivity index (χ3v) is 5.07. The Hall–Kier alpha value is -0.610. The summed E-state index contributed by atoms with van der Waals surface area (Å²) in [6, 6.07) is 0.0702. The van der Waals surface area contributed by atoms with Crippen LogP contribution in [-0.2, 0) is 9.53 Å². The summed E-state index contributed by atoms with van der Waals surface area (Å²) in [6.07, 6.45) is 4.58. The highest BCUT2D eigenvalue weighted by Gasteiger charge is 2.47. The van der Waals surface area contributed by atoms with Crippen molar-refractivity contribution in [2.45, 2.75) is 90.5 Å². The van der Waals surface area contributed by atoms with Gasteiger partial charge < -0.3 is 10.1 Å². The van der Waals surface area contributed by atoms with Crippen molar-refractivity contribution < 1.29 is 9.53 Å². The van der Waals surface area contributed by atoms with Crippen LogP contribution in [0.25, 0.3) is 0 Å². The fraction of sp³-hybridized carbons (Fsp3) is 0.944. The number of nitrogens with zero attached hydrogens (tertiary/aromatic N) is 1. The molecule has 2 fully saturated rings. The maximum atomic E-state index is 12.9. The van der Waals surface area contributed by atoms with Crippen LogP contribution in [0.3, 0.4) is 0 Å². The molecule has 1 N–H and O–H groups in total. The van der Waals surface area contributed by atoms with E-state index >= 15 is 0 Å². The number of piperidine rings is 1. The second-order valence-corrected chi connectivity index (χ2v) is 8.52. The van der Waals surface area contributed by atoms with Crippen LogP contribution in [0.15, 0.2) is 0 Å². The second kappa shape index (κ2) is 6.48. The van der Waals surface area contributed by atoms with E-state index in [2.05, 4.69) is 51.8 Å². The van der Waals surface area contributed by atoms with E-state index in [4.69, 9.17) is 4.74 Å². The fourth-order valence-electron chi connectivity index (χ4n) is 4.13. The molecule has 1 amide bonds. The maximum Gasteiger partial charge on any atom is 0.237 e. The SMILES string of the molecule is CC(C)[C@H](C(=O)N[C@H]1CC(C)(C)OC1(C)C)N1CCCCC1. The molecule has 22 heavy (non-hydrogen) atoms. The lowest BCUT2D eigenvalue weighted by molar-refractivity contribution is -0.131. The molecule has 4 heteroatoms. The molecule has 128 valence electrons. The first-order chi connectivity index (χ1) is 10.1. The molecule has 0 spiro atoms. The lowest BCUT2D eigenvalue weighted by Crippen LogP contribution is -2.56. The van der Waals surface area contributed by atoms with Crippen molar-refractivity contribution in [3.05, 3.63) is 0 Å². The largest absolute Gasteiger partial charge is 0.367 e. The van der Waals surface area contributed by atoms with Crippen molar-refractivity contribution in [2.24, 2.45) is 5.92 Å². The third kappa shape index (κ3) is 4.02. The van der Waals surface area contributed by atoms with Crippen LogP contribution in [0.5, 0.6) is 0 Å². The molecule has 2 aliphatic rings. The zero-order chi connectivity index (χ0) is 16.5. The van der Waals surface area contributed by atoms with Gasteiger partial charge in [0.25, 0.3) is 0 Å².